The zero-order chi connectivity index (χ0) is 13.8. The van der Waals surface area contributed by atoms with E-state index in [1.165, 1.54) is 6.26 Å². The SMILES string of the molecule is CC(C)CCNC(N)=NCC1(CS(C)(=O)=O)CC1.I. The summed E-state index contributed by atoms with van der Waals surface area (Å²) in [7, 11) is -2.93. The van der Waals surface area contributed by atoms with Gasteiger partial charge in [-0.15, -0.1) is 24.0 Å². The minimum atomic E-state index is -2.93. The van der Waals surface area contributed by atoms with E-state index in [-0.39, 0.29) is 35.1 Å². The van der Waals surface area contributed by atoms with Gasteiger partial charge in [-0.3, -0.25) is 4.99 Å². The van der Waals surface area contributed by atoms with Crippen molar-refractivity contribution in [3.8, 4) is 0 Å². The van der Waals surface area contributed by atoms with Crippen LogP contribution < -0.4 is 11.1 Å². The predicted molar refractivity (Wildman–Crippen MR) is 90.7 cm³/mol. The van der Waals surface area contributed by atoms with Crippen molar-refractivity contribution in [2.24, 2.45) is 22.1 Å². The summed E-state index contributed by atoms with van der Waals surface area (Å²) >= 11 is 0. The van der Waals surface area contributed by atoms with Crippen LogP contribution in [-0.4, -0.2) is 39.5 Å². The van der Waals surface area contributed by atoms with E-state index in [4.69, 9.17) is 5.73 Å². The van der Waals surface area contributed by atoms with Crippen molar-refractivity contribution in [2.45, 2.75) is 33.1 Å². The molecule has 1 saturated carbocycles. The molecule has 0 saturated heterocycles. The van der Waals surface area contributed by atoms with Crippen molar-refractivity contribution in [2.75, 3.05) is 25.1 Å². The Morgan fingerprint density at radius 3 is 2.42 bits per heavy atom. The first-order valence-corrected chi connectivity index (χ1v) is 8.50. The van der Waals surface area contributed by atoms with Crippen LogP contribution in [0.5, 0.6) is 0 Å². The molecule has 1 rings (SSSR count). The molecule has 1 aliphatic carbocycles. The first-order chi connectivity index (χ1) is 8.22. The fraction of sp³-hybridized carbons (Fsp3) is 0.917. The maximum atomic E-state index is 11.3. The molecule has 0 atom stereocenters. The van der Waals surface area contributed by atoms with Crippen LogP contribution in [0.1, 0.15) is 33.1 Å². The van der Waals surface area contributed by atoms with Gasteiger partial charge in [0.05, 0.1) is 5.75 Å². The van der Waals surface area contributed by atoms with Gasteiger partial charge in [0, 0.05) is 24.8 Å². The molecule has 3 N–H and O–H groups in total. The molecule has 0 aromatic heterocycles. The van der Waals surface area contributed by atoms with E-state index in [1.807, 2.05) is 0 Å². The molecule has 1 fully saturated rings. The maximum absolute atomic E-state index is 11.3. The average molecular weight is 403 g/mol. The van der Waals surface area contributed by atoms with E-state index in [2.05, 4.69) is 24.2 Å². The highest BCUT2D eigenvalue weighted by Crippen LogP contribution is 2.46. The summed E-state index contributed by atoms with van der Waals surface area (Å²) in [6.07, 6.45) is 4.19. The summed E-state index contributed by atoms with van der Waals surface area (Å²) in [5.74, 6) is 1.28. The second-order valence-corrected chi connectivity index (χ2v) is 8.02. The van der Waals surface area contributed by atoms with Gasteiger partial charge in [-0.2, -0.15) is 0 Å². The third kappa shape index (κ3) is 8.67. The molecule has 19 heavy (non-hydrogen) atoms. The summed E-state index contributed by atoms with van der Waals surface area (Å²) in [6, 6.07) is 0. The molecule has 0 aromatic rings. The van der Waals surface area contributed by atoms with Crippen LogP contribution in [0.25, 0.3) is 0 Å². The minimum absolute atomic E-state index is 0. The van der Waals surface area contributed by atoms with Gasteiger partial charge in [-0.1, -0.05) is 13.8 Å². The third-order valence-electron chi connectivity index (χ3n) is 3.14. The molecule has 0 aromatic carbocycles. The Kier molecular flexibility index (Phi) is 7.64. The van der Waals surface area contributed by atoms with Gasteiger partial charge < -0.3 is 11.1 Å². The summed E-state index contributed by atoms with van der Waals surface area (Å²) in [5.41, 5.74) is 5.61. The van der Waals surface area contributed by atoms with Crippen LogP contribution >= 0.6 is 24.0 Å². The van der Waals surface area contributed by atoms with Crippen LogP contribution in [-0.2, 0) is 9.84 Å². The molecule has 0 unspecified atom stereocenters. The number of nitrogens with two attached hydrogens (primary N) is 1. The Balaban J connectivity index is 0.00000324. The largest absolute Gasteiger partial charge is 0.370 e. The van der Waals surface area contributed by atoms with Crippen LogP contribution in [0.15, 0.2) is 4.99 Å². The minimum Gasteiger partial charge on any atom is -0.370 e. The maximum Gasteiger partial charge on any atom is 0.188 e. The second-order valence-electron chi connectivity index (χ2n) is 5.88. The van der Waals surface area contributed by atoms with Gasteiger partial charge in [0.25, 0.3) is 0 Å². The lowest BCUT2D eigenvalue weighted by Crippen LogP contribution is -2.34. The number of rotatable bonds is 7. The van der Waals surface area contributed by atoms with Crippen LogP contribution in [0, 0.1) is 11.3 Å². The number of nitrogens with zero attached hydrogens (tertiary/aromatic N) is 1. The zero-order valence-electron chi connectivity index (χ0n) is 12.0. The highest BCUT2D eigenvalue weighted by atomic mass is 127. The molecule has 7 heteroatoms. The highest BCUT2D eigenvalue weighted by molar-refractivity contribution is 14.0. The summed E-state index contributed by atoms with van der Waals surface area (Å²) in [6.45, 7) is 5.63. The Labute approximate surface area is 133 Å². The number of guanidine groups is 1. The Hall–Kier alpha value is -0.0500. The third-order valence-corrected chi connectivity index (χ3v) is 4.27. The lowest BCUT2D eigenvalue weighted by Gasteiger charge is -2.12. The lowest BCUT2D eigenvalue weighted by atomic mass is 10.1. The molecular weight excluding hydrogens is 377 g/mol. The van der Waals surface area contributed by atoms with Crippen molar-refractivity contribution in [3.05, 3.63) is 0 Å². The van der Waals surface area contributed by atoms with Gasteiger partial charge >= 0.3 is 0 Å². The van der Waals surface area contributed by atoms with Gasteiger partial charge in [-0.05, 0) is 25.2 Å². The van der Waals surface area contributed by atoms with Crippen molar-refractivity contribution >= 4 is 39.8 Å². The second kappa shape index (κ2) is 7.66. The summed E-state index contributed by atoms with van der Waals surface area (Å²) in [5, 5.41) is 3.06. The molecule has 0 amide bonds. The normalized spacial score (nSPS) is 18.0. The van der Waals surface area contributed by atoms with Crippen molar-refractivity contribution in [1.82, 2.24) is 5.32 Å². The summed E-state index contributed by atoms with van der Waals surface area (Å²) < 4.78 is 22.6. The van der Waals surface area contributed by atoms with Crippen molar-refractivity contribution < 1.29 is 8.42 Å². The van der Waals surface area contributed by atoms with E-state index >= 15 is 0 Å². The van der Waals surface area contributed by atoms with E-state index in [9.17, 15) is 8.42 Å². The molecule has 114 valence electrons. The molecular formula is C12H26IN3O2S. The molecule has 0 spiro atoms. The van der Waals surface area contributed by atoms with Gasteiger partial charge in [-0.25, -0.2) is 8.42 Å². The number of hydrogen-bond acceptors (Lipinski definition) is 3. The van der Waals surface area contributed by atoms with E-state index in [1.54, 1.807) is 0 Å². The fourth-order valence-corrected chi connectivity index (χ4v) is 3.37. The fourth-order valence-electron chi connectivity index (χ4n) is 1.88. The lowest BCUT2D eigenvalue weighted by molar-refractivity contribution is 0.548. The molecule has 0 aliphatic heterocycles. The smallest absolute Gasteiger partial charge is 0.188 e. The molecule has 0 bridgehead atoms. The van der Waals surface area contributed by atoms with Gasteiger partial charge in [0.15, 0.2) is 5.96 Å². The van der Waals surface area contributed by atoms with Crippen LogP contribution in [0.2, 0.25) is 0 Å². The Morgan fingerprint density at radius 2 is 2.00 bits per heavy atom. The Bertz CT molecular complexity index is 403. The van der Waals surface area contributed by atoms with Crippen molar-refractivity contribution in [3.63, 3.8) is 0 Å². The molecule has 5 nitrogen and oxygen atoms in total. The number of aliphatic imine (C=N–C) groups is 1. The van der Waals surface area contributed by atoms with E-state index in [0.29, 0.717) is 18.4 Å². The highest BCUT2D eigenvalue weighted by Gasteiger charge is 2.45. The predicted octanol–water partition coefficient (Wildman–Crippen LogP) is 1.38. The Morgan fingerprint density at radius 1 is 1.42 bits per heavy atom. The molecule has 0 radical (unpaired) electrons. The first kappa shape index (κ1) is 18.9. The first-order valence-electron chi connectivity index (χ1n) is 6.44. The standard InChI is InChI=1S/C12H25N3O2S.HI/c1-10(2)4-7-14-11(13)15-8-12(5-6-12)9-18(3,16)17;/h10H,4-9H2,1-3H3,(H3,13,14,15);1H. The number of halogens is 1. The topological polar surface area (TPSA) is 84.5 Å². The van der Waals surface area contributed by atoms with E-state index < -0.39 is 9.84 Å². The van der Waals surface area contributed by atoms with Gasteiger partial charge in [0.1, 0.15) is 9.84 Å². The average Bonchev–Trinajstić information content (AvgIpc) is 2.92. The summed E-state index contributed by atoms with van der Waals surface area (Å²) in [4.78, 5) is 4.26. The molecule has 0 heterocycles. The monoisotopic (exact) mass is 403 g/mol. The number of sulfone groups is 1. The van der Waals surface area contributed by atoms with Crippen LogP contribution in [0.4, 0.5) is 0 Å². The zero-order valence-corrected chi connectivity index (χ0v) is 15.1. The molecule has 1 aliphatic rings. The van der Waals surface area contributed by atoms with Gasteiger partial charge in [0.2, 0.25) is 0 Å². The van der Waals surface area contributed by atoms with E-state index in [0.717, 1.165) is 25.8 Å². The number of nitrogens with one attached hydrogen (secondary N) is 1. The van der Waals surface area contributed by atoms with Crippen molar-refractivity contribution in [1.29, 1.82) is 0 Å². The van der Waals surface area contributed by atoms with Crippen LogP contribution in [0.3, 0.4) is 0 Å². The quantitative estimate of drug-likeness (QED) is 0.382. The number of hydrogen-bond donors (Lipinski definition) is 2.